The number of carbonyl (C=O) groups is 1. The molecule has 0 aromatic heterocycles. The molecule has 0 saturated heterocycles. The van der Waals surface area contributed by atoms with E-state index in [4.69, 9.17) is 22.1 Å². The van der Waals surface area contributed by atoms with Crippen LogP contribution in [0.3, 0.4) is 0 Å². The van der Waals surface area contributed by atoms with E-state index in [0.29, 0.717) is 26.6 Å². The second-order valence-corrected chi connectivity index (χ2v) is 5.43. The molecule has 0 aliphatic carbocycles. The molecule has 3 N–H and O–H groups in total. The third-order valence-corrected chi connectivity index (χ3v) is 3.40. The first-order valence-corrected chi connectivity index (χ1v) is 7.05. The number of halogens is 3. The first kappa shape index (κ1) is 15.6. The molecule has 2 aromatic rings. The van der Waals surface area contributed by atoms with E-state index in [1.165, 1.54) is 18.2 Å². The zero-order chi connectivity index (χ0) is 15.4. The summed E-state index contributed by atoms with van der Waals surface area (Å²) in [7, 11) is 0. The molecule has 0 heterocycles. The first-order valence-electron chi connectivity index (χ1n) is 5.88. The standard InChI is InChI=1S/C14H11BrClFN2O2/c15-10-6-9(17)2-4-13(10)21-7-14(20)19-12-5-8(16)1-3-11(12)18/h1-6H,7,18H2,(H,19,20). The van der Waals surface area contributed by atoms with Gasteiger partial charge >= 0.3 is 0 Å². The third-order valence-electron chi connectivity index (χ3n) is 2.54. The number of nitrogens with two attached hydrogens (primary N) is 1. The van der Waals surface area contributed by atoms with Crippen molar-refractivity contribution in [3.8, 4) is 5.75 Å². The predicted molar refractivity (Wildman–Crippen MR) is 84.1 cm³/mol. The highest BCUT2D eigenvalue weighted by Gasteiger charge is 2.09. The molecule has 0 spiro atoms. The van der Waals surface area contributed by atoms with Crippen LogP contribution >= 0.6 is 27.5 Å². The Morgan fingerprint density at radius 2 is 2.10 bits per heavy atom. The SMILES string of the molecule is Nc1ccc(Cl)cc1NC(=O)COc1ccc(F)cc1Br. The number of hydrogen-bond acceptors (Lipinski definition) is 3. The van der Waals surface area contributed by atoms with E-state index in [9.17, 15) is 9.18 Å². The van der Waals surface area contributed by atoms with Gasteiger partial charge in [-0.15, -0.1) is 0 Å². The highest BCUT2D eigenvalue weighted by molar-refractivity contribution is 9.10. The van der Waals surface area contributed by atoms with E-state index >= 15 is 0 Å². The Kier molecular flexibility index (Phi) is 5.03. The van der Waals surface area contributed by atoms with Gasteiger partial charge in [0.05, 0.1) is 15.8 Å². The lowest BCUT2D eigenvalue weighted by Gasteiger charge is -2.10. The highest BCUT2D eigenvalue weighted by atomic mass is 79.9. The number of amides is 1. The van der Waals surface area contributed by atoms with Gasteiger partial charge in [0, 0.05) is 5.02 Å². The summed E-state index contributed by atoms with van der Waals surface area (Å²) < 4.78 is 18.6. The molecule has 2 aromatic carbocycles. The minimum absolute atomic E-state index is 0.240. The molecule has 1 amide bonds. The van der Waals surface area contributed by atoms with Gasteiger partial charge in [-0.3, -0.25) is 4.79 Å². The second-order valence-electron chi connectivity index (χ2n) is 4.14. The van der Waals surface area contributed by atoms with Crippen molar-refractivity contribution in [2.45, 2.75) is 0 Å². The van der Waals surface area contributed by atoms with Gasteiger partial charge in [-0.25, -0.2) is 4.39 Å². The maximum absolute atomic E-state index is 12.9. The van der Waals surface area contributed by atoms with Crippen molar-refractivity contribution in [1.82, 2.24) is 0 Å². The van der Waals surface area contributed by atoms with Crippen LogP contribution in [0.4, 0.5) is 15.8 Å². The van der Waals surface area contributed by atoms with Crippen molar-refractivity contribution in [3.63, 3.8) is 0 Å². The van der Waals surface area contributed by atoms with Gasteiger partial charge in [0.25, 0.3) is 5.91 Å². The third kappa shape index (κ3) is 4.34. The number of hydrogen-bond donors (Lipinski definition) is 2. The molecule has 110 valence electrons. The molecule has 0 aliphatic rings. The van der Waals surface area contributed by atoms with Crippen LogP contribution < -0.4 is 15.8 Å². The van der Waals surface area contributed by atoms with E-state index in [1.807, 2.05) is 0 Å². The van der Waals surface area contributed by atoms with Crippen molar-refractivity contribution >= 4 is 44.8 Å². The maximum Gasteiger partial charge on any atom is 0.262 e. The minimum Gasteiger partial charge on any atom is -0.483 e. The fourth-order valence-electron chi connectivity index (χ4n) is 1.56. The van der Waals surface area contributed by atoms with E-state index in [-0.39, 0.29) is 6.61 Å². The molecule has 0 unspecified atom stereocenters. The lowest BCUT2D eigenvalue weighted by molar-refractivity contribution is -0.118. The van der Waals surface area contributed by atoms with Gasteiger partial charge in [-0.1, -0.05) is 11.6 Å². The average Bonchev–Trinajstić information content (AvgIpc) is 2.42. The lowest BCUT2D eigenvalue weighted by atomic mass is 10.2. The van der Waals surface area contributed by atoms with E-state index in [0.717, 1.165) is 0 Å². The maximum atomic E-state index is 12.9. The molecule has 4 nitrogen and oxygen atoms in total. The van der Waals surface area contributed by atoms with Crippen molar-refractivity contribution in [2.24, 2.45) is 0 Å². The van der Waals surface area contributed by atoms with Crippen LogP contribution in [-0.2, 0) is 4.79 Å². The van der Waals surface area contributed by atoms with Crippen molar-refractivity contribution in [1.29, 1.82) is 0 Å². The van der Waals surface area contributed by atoms with Gasteiger partial charge in [0.15, 0.2) is 6.61 Å². The van der Waals surface area contributed by atoms with E-state index < -0.39 is 11.7 Å². The normalized spacial score (nSPS) is 10.2. The van der Waals surface area contributed by atoms with Gasteiger partial charge < -0.3 is 15.8 Å². The second kappa shape index (κ2) is 6.78. The number of carbonyl (C=O) groups excluding carboxylic acids is 1. The molecular weight excluding hydrogens is 363 g/mol. The summed E-state index contributed by atoms with van der Waals surface area (Å²) in [5.74, 6) is -0.434. The van der Waals surface area contributed by atoms with Gasteiger partial charge in [0.1, 0.15) is 11.6 Å². The summed E-state index contributed by atoms with van der Waals surface area (Å²) in [6.07, 6.45) is 0. The Morgan fingerprint density at radius 3 is 2.81 bits per heavy atom. The molecule has 0 aliphatic heterocycles. The Balaban J connectivity index is 1.97. The smallest absolute Gasteiger partial charge is 0.262 e. The molecule has 0 fully saturated rings. The summed E-state index contributed by atoms with van der Waals surface area (Å²) in [5, 5.41) is 3.05. The van der Waals surface area contributed by atoms with E-state index in [1.54, 1.807) is 18.2 Å². The molecule has 0 saturated carbocycles. The Bertz CT molecular complexity index is 682. The minimum atomic E-state index is -0.403. The fraction of sp³-hybridized carbons (Fsp3) is 0.0714. The summed E-state index contributed by atoms with van der Waals surface area (Å²) in [5.41, 5.74) is 6.53. The summed E-state index contributed by atoms with van der Waals surface area (Å²) >= 11 is 8.98. The van der Waals surface area contributed by atoms with Gasteiger partial charge in [0.2, 0.25) is 0 Å². The summed E-state index contributed by atoms with van der Waals surface area (Å²) in [6.45, 7) is -0.240. The molecule has 7 heteroatoms. The summed E-state index contributed by atoms with van der Waals surface area (Å²) in [6, 6.07) is 8.69. The van der Waals surface area contributed by atoms with E-state index in [2.05, 4.69) is 21.2 Å². The predicted octanol–water partition coefficient (Wildman–Crippen LogP) is 3.84. The Hall–Kier alpha value is -1.79. The largest absolute Gasteiger partial charge is 0.483 e. The molecule has 21 heavy (non-hydrogen) atoms. The lowest BCUT2D eigenvalue weighted by Crippen LogP contribution is -2.20. The van der Waals surface area contributed by atoms with Crippen LogP contribution in [0.2, 0.25) is 5.02 Å². The molecular formula is C14H11BrClFN2O2. The number of rotatable bonds is 4. The number of nitrogen functional groups attached to an aromatic ring is 1. The summed E-state index contributed by atoms with van der Waals surface area (Å²) in [4.78, 5) is 11.8. The van der Waals surface area contributed by atoms with Crippen LogP contribution in [0.15, 0.2) is 40.9 Å². The van der Waals surface area contributed by atoms with Crippen LogP contribution in [0.1, 0.15) is 0 Å². The first-order chi connectivity index (χ1) is 9.95. The zero-order valence-corrected chi connectivity index (χ0v) is 13.0. The Labute approximate surface area is 134 Å². The Morgan fingerprint density at radius 1 is 1.33 bits per heavy atom. The monoisotopic (exact) mass is 372 g/mol. The average molecular weight is 374 g/mol. The molecule has 0 atom stereocenters. The highest BCUT2D eigenvalue weighted by Crippen LogP contribution is 2.26. The van der Waals surface area contributed by atoms with Crippen LogP contribution in [0.5, 0.6) is 5.75 Å². The quantitative estimate of drug-likeness (QED) is 0.800. The molecule has 2 rings (SSSR count). The van der Waals surface area contributed by atoms with Crippen LogP contribution in [0, 0.1) is 5.82 Å². The van der Waals surface area contributed by atoms with Crippen molar-refractivity contribution < 1.29 is 13.9 Å². The topological polar surface area (TPSA) is 64.3 Å². The van der Waals surface area contributed by atoms with Crippen molar-refractivity contribution in [2.75, 3.05) is 17.7 Å². The molecule has 0 bridgehead atoms. The fourth-order valence-corrected chi connectivity index (χ4v) is 2.20. The van der Waals surface area contributed by atoms with Gasteiger partial charge in [-0.05, 0) is 52.3 Å². The van der Waals surface area contributed by atoms with Crippen molar-refractivity contribution in [3.05, 3.63) is 51.7 Å². The number of ether oxygens (including phenoxy) is 1. The van der Waals surface area contributed by atoms with Crippen LogP contribution in [-0.4, -0.2) is 12.5 Å². The number of nitrogens with one attached hydrogen (secondary N) is 1. The van der Waals surface area contributed by atoms with Gasteiger partial charge in [-0.2, -0.15) is 0 Å². The number of anilines is 2. The zero-order valence-electron chi connectivity index (χ0n) is 10.7. The number of benzene rings is 2. The molecule has 0 radical (unpaired) electrons. The van der Waals surface area contributed by atoms with Crippen LogP contribution in [0.25, 0.3) is 0 Å².